The standard InChI is InChI=1S/C13H16ClO4P.5CO.W/c1-6-7(2)11-9(13(16)18-4)8(12(15)17-3)10(6)19(11)5-14;5*1-2;/h10-11H,5H2,1-4H3;;;;;;/t10-,11+,19?;;;;;;. The molecule has 0 aromatic heterocycles. The predicted molar refractivity (Wildman–Crippen MR) is 94.3 cm³/mol. The number of ether oxygens (including phenoxy) is 2. The number of allylic oxidation sites excluding steroid dienone is 2. The molecule has 2 rings (SSSR count). The fourth-order valence-electron chi connectivity index (χ4n) is 2.94. The van der Waals surface area contributed by atoms with Crippen molar-refractivity contribution < 1.29 is 63.4 Å². The Balaban J connectivity index is -0.000000166. The third kappa shape index (κ3) is 8.72. The van der Waals surface area contributed by atoms with Crippen LogP contribution in [0.1, 0.15) is 13.8 Å². The zero-order valence-corrected chi connectivity index (χ0v) is 20.9. The van der Waals surface area contributed by atoms with Gasteiger partial charge >= 0.3 is 68.5 Å². The quantitative estimate of drug-likeness (QED) is 0.118. The number of fused-ring (bicyclic) bond motifs is 2. The van der Waals surface area contributed by atoms with Crippen LogP contribution in [-0.4, -0.2) is 43.1 Å². The van der Waals surface area contributed by atoms with Gasteiger partial charge in [0, 0.05) is 38.0 Å². The Morgan fingerprint density at radius 3 is 1.20 bits per heavy atom. The van der Waals surface area contributed by atoms with Crippen molar-refractivity contribution in [3.63, 3.8) is 0 Å². The molecule has 0 fully saturated rings. The van der Waals surface area contributed by atoms with Crippen LogP contribution in [0, 0.1) is 33.3 Å². The van der Waals surface area contributed by atoms with Crippen LogP contribution in [0.25, 0.3) is 0 Å². The third-order valence-electron chi connectivity index (χ3n) is 3.89. The molecule has 0 aliphatic carbocycles. The smallest absolute Gasteiger partial charge is 0 e. The SMILES string of the molecule is COC(=O)C1=C(C(=O)OC)[C@@H]2C(C)=C(C)[C@H]1P2CCl.[C-]#[O+].[C-]#[O+].[C-]#[O+].[C-]#[O+].[C-]#[O+].[W]. The second kappa shape index (κ2) is 23.8. The number of rotatable bonds is 3. The molecule has 9 nitrogen and oxygen atoms in total. The van der Waals surface area contributed by atoms with E-state index in [9.17, 15) is 9.59 Å². The molecular weight excluding hydrogens is 610 g/mol. The van der Waals surface area contributed by atoms with Gasteiger partial charge in [0.1, 0.15) is 0 Å². The Labute approximate surface area is 195 Å². The summed E-state index contributed by atoms with van der Waals surface area (Å²) < 4.78 is 47.2. The van der Waals surface area contributed by atoms with E-state index < -0.39 is 19.9 Å². The molecule has 0 spiro atoms. The molecule has 2 aliphatic rings. The number of hydrogen-bond donors (Lipinski definition) is 0. The van der Waals surface area contributed by atoms with Crippen LogP contribution in [0.2, 0.25) is 0 Å². The van der Waals surface area contributed by atoms with E-state index >= 15 is 0 Å². The second-order valence-electron chi connectivity index (χ2n) is 4.62. The molecule has 2 heterocycles. The van der Waals surface area contributed by atoms with Crippen LogP contribution in [0.15, 0.2) is 22.3 Å². The summed E-state index contributed by atoms with van der Waals surface area (Å²) >= 11 is 6.07. The minimum atomic E-state index is -0.672. The largest absolute Gasteiger partial charge is 0 e. The van der Waals surface area contributed by atoms with Crippen LogP contribution < -0.4 is 0 Å². The van der Waals surface area contributed by atoms with Gasteiger partial charge in [-0.3, -0.25) is 0 Å². The minimum Gasteiger partial charge on any atom is 0 e. The zero-order chi connectivity index (χ0) is 24.3. The van der Waals surface area contributed by atoms with Gasteiger partial charge in [0.05, 0.1) is 25.4 Å². The molecule has 0 aromatic rings. The van der Waals surface area contributed by atoms with Crippen molar-refractivity contribution in [1.29, 1.82) is 0 Å². The number of esters is 2. The van der Waals surface area contributed by atoms with Crippen LogP contribution in [0.4, 0.5) is 0 Å². The minimum absolute atomic E-state index is 0. The summed E-state index contributed by atoms with van der Waals surface area (Å²) in [6.45, 7) is 26.5. The Hall–Kier alpha value is -1.47. The molecule has 2 bridgehead atoms. The molecule has 0 saturated carbocycles. The van der Waals surface area contributed by atoms with Crippen molar-refractivity contribution in [2.24, 2.45) is 0 Å². The van der Waals surface area contributed by atoms with Crippen molar-refractivity contribution in [3.8, 4) is 0 Å². The summed E-state index contributed by atoms with van der Waals surface area (Å²) in [5.41, 5.74) is 3.54. The van der Waals surface area contributed by atoms with Crippen LogP contribution in [0.5, 0.6) is 0 Å². The fraction of sp³-hybridized carbons (Fsp3) is 0.389. The van der Waals surface area contributed by atoms with E-state index in [1.54, 1.807) is 0 Å². The molecule has 0 amide bonds. The van der Waals surface area contributed by atoms with E-state index in [2.05, 4.69) is 33.3 Å². The summed E-state index contributed by atoms with van der Waals surface area (Å²) in [4.78, 5) is 24.0. The molecule has 0 aromatic carbocycles. The van der Waals surface area contributed by atoms with Gasteiger partial charge < -0.3 is 9.47 Å². The average Bonchev–Trinajstić information content (AvgIpc) is 3.29. The molecular formula is C18H16ClO9PW. The van der Waals surface area contributed by atoms with Crippen molar-refractivity contribution in [2.45, 2.75) is 25.2 Å². The molecule has 2 aliphatic heterocycles. The molecule has 12 heteroatoms. The maximum absolute atomic E-state index is 12.0. The first-order chi connectivity index (χ1) is 14.0. The molecule has 0 radical (unpaired) electrons. The number of alkyl halides is 1. The van der Waals surface area contributed by atoms with E-state index in [0.717, 1.165) is 11.1 Å². The summed E-state index contributed by atoms with van der Waals surface area (Å²) in [5.74, 6) is -0.894. The van der Waals surface area contributed by atoms with E-state index in [1.807, 2.05) is 13.8 Å². The molecule has 0 N–H and O–H groups in total. The molecule has 1 unspecified atom stereocenters. The fourth-order valence-corrected chi connectivity index (χ4v) is 6.89. The van der Waals surface area contributed by atoms with Gasteiger partial charge in [0.2, 0.25) is 0 Å². The maximum atomic E-state index is 12.0. The number of carbonyl (C=O) groups excluding carboxylic acids is 2. The van der Waals surface area contributed by atoms with E-state index in [0.29, 0.717) is 16.8 Å². The molecule has 160 valence electrons. The predicted octanol–water partition coefficient (Wildman–Crippen LogP) is 2.22. The summed E-state index contributed by atoms with van der Waals surface area (Å²) in [5, 5.41) is 0. The normalized spacial score (nSPS) is 18.7. The zero-order valence-electron chi connectivity index (χ0n) is 16.3. The Morgan fingerprint density at radius 1 is 0.800 bits per heavy atom. The summed E-state index contributed by atoms with van der Waals surface area (Å²) in [6.07, 6.45) is 0. The Bertz CT molecular complexity index is 643. The van der Waals surface area contributed by atoms with Gasteiger partial charge in [-0.25, -0.2) is 9.59 Å². The maximum Gasteiger partial charge on any atom is 0 e. The van der Waals surface area contributed by atoms with Crippen LogP contribution in [0.3, 0.4) is 0 Å². The van der Waals surface area contributed by atoms with Gasteiger partial charge in [-0.05, 0) is 13.8 Å². The van der Waals surface area contributed by atoms with Gasteiger partial charge in [0.25, 0.3) is 0 Å². The average molecular weight is 627 g/mol. The molecule has 30 heavy (non-hydrogen) atoms. The van der Waals surface area contributed by atoms with Gasteiger partial charge in [-0.15, -0.1) is 11.6 Å². The second-order valence-corrected chi connectivity index (χ2v) is 7.63. The summed E-state index contributed by atoms with van der Waals surface area (Å²) in [7, 11) is 1.98. The van der Waals surface area contributed by atoms with E-state index in [-0.39, 0.29) is 32.4 Å². The Kier molecular flexibility index (Phi) is 31.0. The monoisotopic (exact) mass is 626 g/mol. The van der Waals surface area contributed by atoms with Crippen LogP contribution in [-0.2, 0) is 63.4 Å². The summed E-state index contributed by atoms with van der Waals surface area (Å²) in [6, 6.07) is 0. The first kappa shape index (κ1) is 39.1. The van der Waals surface area contributed by atoms with E-state index in [1.165, 1.54) is 14.2 Å². The molecule has 0 saturated heterocycles. The number of methoxy groups -OCH3 is 2. The Morgan fingerprint density at radius 2 is 1.03 bits per heavy atom. The van der Waals surface area contributed by atoms with Gasteiger partial charge in [0.15, 0.2) is 0 Å². The van der Waals surface area contributed by atoms with Crippen LogP contribution >= 0.6 is 19.5 Å². The molecule has 3 atom stereocenters. The van der Waals surface area contributed by atoms with Crippen molar-refractivity contribution in [3.05, 3.63) is 55.5 Å². The first-order valence-electron chi connectivity index (χ1n) is 6.91. The van der Waals surface area contributed by atoms with Crippen molar-refractivity contribution in [1.82, 2.24) is 0 Å². The van der Waals surface area contributed by atoms with Gasteiger partial charge in [-0.1, -0.05) is 19.1 Å². The van der Waals surface area contributed by atoms with Crippen molar-refractivity contribution >= 4 is 31.5 Å². The number of hydrogen-bond acceptors (Lipinski definition) is 4. The topological polar surface area (TPSA) is 152 Å². The number of halogens is 1. The van der Waals surface area contributed by atoms with Crippen molar-refractivity contribution in [2.75, 3.05) is 19.8 Å². The van der Waals surface area contributed by atoms with E-state index in [4.69, 9.17) is 44.3 Å². The third-order valence-corrected chi connectivity index (χ3v) is 7.61. The number of carbonyl (C=O) groups is 2. The first-order valence-corrected chi connectivity index (χ1v) is 9.11. The van der Waals surface area contributed by atoms with Gasteiger partial charge in [-0.2, -0.15) is 0 Å².